The minimum atomic E-state index is -0.408. The van der Waals surface area contributed by atoms with Crippen molar-refractivity contribution in [2.75, 3.05) is 5.32 Å². The number of carbonyl (C=O) groups is 1. The predicted molar refractivity (Wildman–Crippen MR) is 79.6 cm³/mol. The Labute approximate surface area is 122 Å². The lowest BCUT2D eigenvalue weighted by Crippen LogP contribution is -2.18. The third-order valence-electron chi connectivity index (χ3n) is 2.62. The van der Waals surface area contributed by atoms with Gasteiger partial charge in [0.25, 0.3) is 0 Å². The van der Waals surface area contributed by atoms with Crippen molar-refractivity contribution in [1.82, 2.24) is 14.8 Å². The van der Waals surface area contributed by atoms with Crippen LogP contribution in [0.1, 0.15) is 31.5 Å². The molecule has 0 aliphatic carbocycles. The van der Waals surface area contributed by atoms with Crippen molar-refractivity contribution in [3.8, 4) is 0 Å². The molecule has 2 heterocycles. The molecule has 0 unspecified atom stereocenters. The van der Waals surface area contributed by atoms with E-state index in [-0.39, 0.29) is 12.0 Å². The molecule has 2 aromatic heterocycles. The second-order valence-corrected chi connectivity index (χ2v) is 6.50. The molecule has 7 heteroatoms. The van der Waals surface area contributed by atoms with E-state index in [0.717, 1.165) is 16.4 Å². The quantitative estimate of drug-likeness (QED) is 0.879. The Balaban J connectivity index is 1.93. The van der Waals surface area contributed by atoms with Crippen molar-refractivity contribution in [3.05, 3.63) is 28.5 Å². The lowest BCUT2D eigenvalue weighted by molar-refractivity contribution is -0.118. The van der Waals surface area contributed by atoms with Gasteiger partial charge in [0.15, 0.2) is 0 Å². The Morgan fingerprint density at radius 3 is 2.85 bits per heavy atom. The van der Waals surface area contributed by atoms with E-state index in [0.29, 0.717) is 6.54 Å². The fourth-order valence-corrected chi connectivity index (χ4v) is 2.53. The third kappa shape index (κ3) is 3.80. The van der Waals surface area contributed by atoms with E-state index in [9.17, 15) is 4.79 Å². The van der Waals surface area contributed by atoms with Crippen LogP contribution in [-0.2, 0) is 23.3 Å². The highest BCUT2D eigenvalue weighted by Crippen LogP contribution is 2.25. The Hall–Kier alpha value is -1.89. The summed E-state index contributed by atoms with van der Waals surface area (Å²) in [5, 5.41) is 10.5. The number of nitrogens with zero attached hydrogens (tertiary/aromatic N) is 3. The summed E-state index contributed by atoms with van der Waals surface area (Å²) in [6.07, 6.45) is 3.42. The van der Waals surface area contributed by atoms with Crippen molar-refractivity contribution in [1.29, 1.82) is 0 Å². The first-order valence-electron chi connectivity index (χ1n) is 6.34. The number of nitrogens with one attached hydrogen (secondary N) is 1. The maximum Gasteiger partial charge on any atom is 0.239 e. The third-order valence-corrected chi connectivity index (χ3v) is 3.93. The zero-order valence-corrected chi connectivity index (χ0v) is 12.7. The molecular weight excluding hydrogens is 274 g/mol. The van der Waals surface area contributed by atoms with Crippen molar-refractivity contribution >= 4 is 22.9 Å². The van der Waals surface area contributed by atoms with Crippen molar-refractivity contribution in [2.45, 2.75) is 39.3 Å². The van der Waals surface area contributed by atoms with Crippen molar-refractivity contribution in [3.63, 3.8) is 0 Å². The Bertz CT molecular complexity index is 596. The molecular formula is C13H19N5OS. The topological polar surface area (TPSA) is 85.8 Å². The van der Waals surface area contributed by atoms with Crippen LogP contribution in [0.4, 0.5) is 5.69 Å². The highest BCUT2D eigenvalue weighted by atomic mass is 32.1. The zero-order valence-electron chi connectivity index (χ0n) is 11.9. The van der Waals surface area contributed by atoms with Gasteiger partial charge in [-0.3, -0.25) is 9.48 Å². The van der Waals surface area contributed by atoms with Crippen molar-refractivity contribution in [2.24, 2.45) is 5.73 Å². The van der Waals surface area contributed by atoms with Gasteiger partial charge in [0.05, 0.1) is 29.1 Å². The highest BCUT2D eigenvalue weighted by Gasteiger charge is 2.17. The number of carbonyl (C=O) groups excluding carboxylic acids is 1. The second-order valence-electron chi connectivity index (χ2n) is 5.64. The second kappa shape index (κ2) is 5.62. The number of hydrogen-bond acceptors (Lipinski definition) is 5. The molecule has 3 N–H and O–H groups in total. The van der Waals surface area contributed by atoms with Crippen LogP contribution in [0, 0.1) is 0 Å². The fraction of sp³-hybridized carbons (Fsp3) is 0.462. The van der Waals surface area contributed by atoms with Crippen LogP contribution in [0.15, 0.2) is 17.8 Å². The molecule has 2 rings (SSSR count). The number of thiazole rings is 1. The minimum Gasteiger partial charge on any atom is -0.377 e. The molecule has 2 aromatic rings. The molecule has 0 spiro atoms. The van der Waals surface area contributed by atoms with Crippen LogP contribution in [0.5, 0.6) is 0 Å². The molecule has 0 aliphatic rings. The van der Waals surface area contributed by atoms with Crippen LogP contribution in [0.2, 0.25) is 0 Å². The highest BCUT2D eigenvalue weighted by molar-refractivity contribution is 7.09. The van der Waals surface area contributed by atoms with E-state index in [4.69, 9.17) is 5.73 Å². The number of primary amides is 1. The molecule has 0 aliphatic heterocycles. The zero-order chi connectivity index (χ0) is 14.8. The normalized spacial score (nSPS) is 11.6. The number of anilines is 1. The van der Waals surface area contributed by atoms with Crippen LogP contribution >= 0.6 is 11.3 Å². The Morgan fingerprint density at radius 1 is 1.50 bits per heavy atom. The number of aromatic nitrogens is 3. The average molecular weight is 293 g/mol. The van der Waals surface area contributed by atoms with Gasteiger partial charge >= 0.3 is 0 Å². The molecule has 0 radical (unpaired) electrons. The predicted octanol–water partition coefficient (Wildman–Crippen LogP) is 1.73. The Kier molecular flexibility index (Phi) is 4.08. The van der Waals surface area contributed by atoms with E-state index in [2.05, 4.69) is 41.6 Å². The first kappa shape index (κ1) is 14.5. The van der Waals surface area contributed by atoms with Gasteiger partial charge in [0, 0.05) is 17.0 Å². The summed E-state index contributed by atoms with van der Waals surface area (Å²) in [6.45, 7) is 7.17. The molecule has 0 saturated carbocycles. The maximum absolute atomic E-state index is 10.8. The van der Waals surface area contributed by atoms with Gasteiger partial charge in [-0.1, -0.05) is 20.8 Å². The number of rotatable bonds is 5. The molecule has 0 saturated heterocycles. The molecule has 1 amide bonds. The lowest BCUT2D eigenvalue weighted by atomic mass is 9.98. The van der Waals surface area contributed by atoms with E-state index in [1.807, 2.05) is 0 Å². The van der Waals surface area contributed by atoms with Gasteiger partial charge in [-0.2, -0.15) is 5.10 Å². The van der Waals surface area contributed by atoms with Crippen LogP contribution in [0.3, 0.4) is 0 Å². The number of amides is 1. The SMILES string of the molecule is CC(C)(C)c1nc(CNc2cnn(CC(N)=O)c2)cs1. The summed E-state index contributed by atoms with van der Waals surface area (Å²) >= 11 is 1.67. The standard InChI is InChI=1S/C13H19N5OS/c1-13(2,3)12-17-10(8-20-12)4-15-9-5-16-18(6-9)7-11(14)19/h5-6,8,15H,4,7H2,1-3H3,(H2,14,19). The fourth-order valence-electron chi connectivity index (χ4n) is 1.63. The van der Waals surface area contributed by atoms with E-state index >= 15 is 0 Å². The summed E-state index contributed by atoms with van der Waals surface area (Å²) in [4.78, 5) is 15.4. The summed E-state index contributed by atoms with van der Waals surface area (Å²) in [5.74, 6) is -0.408. The van der Waals surface area contributed by atoms with Crippen LogP contribution in [0.25, 0.3) is 0 Å². The average Bonchev–Trinajstić information content (AvgIpc) is 2.93. The van der Waals surface area contributed by atoms with Gasteiger partial charge in [0.2, 0.25) is 5.91 Å². The van der Waals surface area contributed by atoms with Crippen LogP contribution < -0.4 is 11.1 Å². The van der Waals surface area contributed by atoms with Gasteiger partial charge in [-0.25, -0.2) is 4.98 Å². The van der Waals surface area contributed by atoms with E-state index in [1.165, 1.54) is 4.68 Å². The first-order valence-corrected chi connectivity index (χ1v) is 7.22. The molecule has 0 bridgehead atoms. The summed E-state index contributed by atoms with van der Waals surface area (Å²) < 4.78 is 1.51. The molecule has 0 fully saturated rings. The lowest BCUT2D eigenvalue weighted by Gasteiger charge is -2.13. The smallest absolute Gasteiger partial charge is 0.239 e. The van der Waals surface area contributed by atoms with Gasteiger partial charge < -0.3 is 11.1 Å². The summed E-state index contributed by atoms with van der Waals surface area (Å²) in [5.41, 5.74) is 7.04. The van der Waals surface area contributed by atoms with Gasteiger partial charge in [0.1, 0.15) is 6.54 Å². The molecule has 20 heavy (non-hydrogen) atoms. The molecule has 0 aromatic carbocycles. The van der Waals surface area contributed by atoms with E-state index < -0.39 is 5.91 Å². The summed E-state index contributed by atoms with van der Waals surface area (Å²) in [6, 6.07) is 0. The van der Waals surface area contributed by atoms with Crippen LogP contribution in [-0.4, -0.2) is 20.7 Å². The Morgan fingerprint density at radius 2 is 2.25 bits per heavy atom. The number of hydrogen-bond donors (Lipinski definition) is 2. The molecule has 6 nitrogen and oxygen atoms in total. The molecule has 108 valence electrons. The first-order chi connectivity index (χ1) is 9.34. The largest absolute Gasteiger partial charge is 0.377 e. The number of nitrogens with two attached hydrogens (primary N) is 1. The van der Waals surface area contributed by atoms with Gasteiger partial charge in [-0.15, -0.1) is 11.3 Å². The van der Waals surface area contributed by atoms with E-state index in [1.54, 1.807) is 23.7 Å². The van der Waals surface area contributed by atoms with Crippen molar-refractivity contribution < 1.29 is 4.79 Å². The maximum atomic E-state index is 10.8. The minimum absolute atomic E-state index is 0.0787. The molecule has 0 atom stereocenters. The van der Waals surface area contributed by atoms with Gasteiger partial charge in [-0.05, 0) is 0 Å². The monoisotopic (exact) mass is 293 g/mol. The summed E-state index contributed by atoms with van der Waals surface area (Å²) in [7, 11) is 0.